The van der Waals surface area contributed by atoms with E-state index in [1.807, 2.05) is 19.1 Å². The van der Waals surface area contributed by atoms with Crippen molar-refractivity contribution in [3.63, 3.8) is 0 Å². The van der Waals surface area contributed by atoms with Gasteiger partial charge in [-0.25, -0.2) is 0 Å². The highest BCUT2D eigenvalue weighted by Crippen LogP contribution is 2.35. The number of aliphatic hydroxyl groups is 1. The lowest BCUT2D eigenvalue weighted by Gasteiger charge is -2.35. The van der Waals surface area contributed by atoms with E-state index in [1.165, 1.54) is 6.07 Å². The van der Waals surface area contributed by atoms with Crippen molar-refractivity contribution in [3.8, 4) is 11.5 Å². The second kappa shape index (κ2) is 14.6. The van der Waals surface area contributed by atoms with Crippen LogP contribution >= 0.6 is 0 Å². The third-order valence-corrected chi connectivity index (χ3v) is 6.95. The Bertz CT molecular complexity index is 1050. The van der Waals surface area contributed by atoms with Crippen LogP contribution in [0.3, 0.4) is 0 Å². The predicted molar refractivity (Wildman–Crippen MR) is 154 cm³/mol. The number of likely N-dealkylation sites (N-methyl/N-ethyl adjacent to an activating group) is 2. The van der Waals surface area contributed by atoms with Gasteiger partial charge in [-0.1, -0.05) is 0 Å². The molecule has 2 aliphatic heterocycles. The van der Waals surface area contributed by atoms with Gasteiger partial charge in [0.2, 0.25) is 0 Å². The molecule has 0 atom stereocenters. The molecule has 2 aromatic rings. The molecular formula is C27H44N6O5. The molecule has 11 nitrogen and oxygen atoms in total. The van der Waals surface area contributed by atoms with Crippen molar-refractivity contribution in [1.29, 1.82) is 0 Å². The monoisotopic (exact) mass is 532 g/mol. The summed E-state index contributed by atoms with van der Waals surface area (Å²) >= 11 is 0. The Kier molecular flexibility index (Phi) is 11.9. The van der Waals surface area contributed by atoms with E-state index in [0.717, 1.165) is 87.8 Å². The van der Waals surface area contributed by atoms with Crippen LogP contribution in [0.2, 0.25) is 0 Å². The first-order valence-electron chi connectivity index (χ1n) is 12.7. The molecule has 0 spiro atoms. The molecule has 2 aromatic carbocycles. The molecule has 2 fully saturated rings. The normalized spacial score (nSPS) is 16.1. The van der Waals surface area contributed by atoms with Gasteiger partial charge < -0.3 is 39.9 Å². The number of nitrogen functional groups attached to an aromatic ring is 1. The molecule has 0 aliphatic carbocycles. The molecule has 3 N–H and O–H groups in total. The lowest BCUT2D eigenvalue weighted by Crippen LogP contribution is -2.44. The summed E-state index contributed by atoms with van der Waals surface area (Å²) in [5.41, 5.74) is 10.7. The Labute approximate surface area is 226 Å². The zero-order chi connectivity index (χ0) is 28.4. The van der Waals surface area contributed by atoms with Crippen molar-refractivity contribution >= 4 is 22.7 Å². The van der Waals surface area contributed by atoms with E-state index < -0.39 is 0 Å². The first-order chi connectivity index (χ1) is 18.1. The molecule has 2 saturated heterocycles. The van der Waals surface area contributed by atoms with E-state index in [1.54, 1.807) is 21.1 Å². The Hall–Kier alpha value is -3.28. The van der Waals surface area contributed by atoms with Crippen molar-refractivity contribution in [3.05, 3.63) is 45.5 Å². The van der Waals surface area contributed by atoms with Crippen LogP contribution in [0.25, 0.3) is 0 Å². The maximum Gasteiger partial charge on any atom is 0.276 e. The molecule has 4 rings (SSSR count). The first-order valence-corrected chi connectivity index (χ1v) is 12.7. The number of ether oxygens (including phenoxy) is 2. The smallest absolute Gasteiger partial charge is 0.276 e. The standard InChI is InChI=1S/C13H19N3O3.C13H21N3O.CH4O/c1-10-8-12(15-6-4-14(2)5-7-15)13(19-3)9-11(10)16(17)18;1-10-8-12(13(17-3)9-11(10)14)16-6-4-15(2)5-7-16;1-2/h8-9H,4-7H2,1-3H3;8-9H,4-7,14H2,1-3H3;2H,1H3. The summed E-state index contributed by atoms with van der Waals surface area (Å²) in [6.45, 7) is 11.8. The van der Waals surface area contributed by atoms with E-state index in [-0.39, 0.29) is 10.6 Å². The molecule has 0 bridgehead atoms. The minimum Gasteiger partial charge on any atom is -0.495 e. The molecule has 0 aromatic heterocycles. The molecule has 2 heterocycles. The molecule has 0 saturated carbocycles. The highest BCUT2D eigenvalue weighted by Gasteiger charge is 2.22. The van der Waals surface area contributed by atoms with Gasteiger partial charge in [0, 0.05) is 76.8 Å². The number of nitro groups is 1. The number of hydrogen-bond acceptors (Lipinski definition) is 10. The summed E-state index contributed by atoms with van der Waals surface area (Å²) in [5.74, 6) is 1.44. The molecule has 0 unspecified atom stereocenters. The van der Waals surface area contributed by atoms with Crippen LogP contribution in [0.15, 0.2) is 24.3 Å². The van der Waals surface area contributed by atoms with E-state index >= 15 is 0 Å². The van der Waals surface area contributed by atoms with Crippen molar-refractivity contribution in [2.75, 3.05) is 103 Å². The molecule has 38 heavy (non-hydrogen) atoms. The first kappa shape index (κ1) is 30.9. The predicted octanol–water partition coefficient (Wildman–Crippen LogP) is 2.61. The van der Waals surface area contributed by atoms with Crippen LogP contribution < -0.4 is 25.0 Å². The molecule has 11 heteroatoms. The number of piperazine rings is 2. The maximum absolute atomic E-state index is 11.0. The van der Waals surface area contributed by atoms with Crippen molar-refractivity contribution < 1.29 is 19.5 Å². The molecule has 212 valence electrons. The Morgan fingerprint density at radius 1 is 0.763 bits per heavy atom. The number of hydrogen-bond donors (Lipinski definition) is 2. The van der Waals surface area contributed by atoms with Crippen molar-refractivity contribution in [2.24, 2.45) is 0 Å². The zero-order valence-corrected chi connectivity index (χ0v) is 23.9. The highest BCUT2D eigenvalue weighted by atomic mass is 16.6. The third-order valence-electron chi connectivity index (χ3n) is 6.95. The second-order valence-corrected chi connectivity index (χ2v) is 9.53. The third kappa shape index (κ3) is 7.86. The van der Waals surface area contributed by atoms with E-state index in [4.69, 9.17) is 20.3 Å². The van der Waals surface area contributed by atoms with Gasteiger partial charge in [0.15, 0.2) is 0 Å². The minimum absolute atomic E-state index is 0.106. The summed E-state index contributed by atoms with van der Waals surface area (Å²) < 4.78 is 10.7. The molecule has 2 aliphatic rings. The average molecular weight is 533 g/mol. The van der Waals surface area contributed by atoms with Gasteiger partial charge in [-0.2, -0.15) is 0 Å². The fourth-order valence-electron chi connectivity index (χ4n) is 4.46. The number of nitro benzene ring substituents is 1. The minimum atomic E-state index is -0.369. The fourth-order valence-corrected chi connectivity index (χ4v) is 4.46. The van der Waals surface area contributed by atoms with Crippen LogP contribution in [0.1, 0.15) is 11.1 Å². The van der Waals surface area contributed by atoms with E-state index in [2.05, 4.69) is 39.8 Å². The average Bonchev–Trinajstić information content (AvgIpc) is 2.92. The van der Waals surface area contributed by atoms with Crippen LogP contribution in [-0.2, 0) is 0 Å². The van der Waals surface area contributed by atoms with E-state index in [0.29, 0.717) is 11.3 Å². The lowest BCUT2D eigenvalue weighted by atomic mass is 10.1. The Morgan fingerprint density at radius 3 is 1.55 bits per heavy atom. The summed E-state index contributed by atoms with van der Waals surface area (Å²) in [6.07, 6.45) is 0. The number of anilines is 3. The molecule has 0 radical (unpaired) electrons. The van der Waals surface area contributed by atoms with Gasteiger partial charge in [-0.3, -0.25) is 10.1 Å². The van der Waals surface area contributed by atoms with Crippen LogP contribution in [-0.4, -0.2) is 108 Å². The van der Waals surface area contributed by atoms with Gasteiger partial charge in [-0.05, 0) is 45.6 Å². The van der Waals surface area contributed by atoms with Gasteiger partial charge in [0.05, 0.1) is 36.6 Å². The summed E-state index contributed by atoms with van der Waals surface area (Å²) in [5, 5.41) is 18.0. The van der Waals surface area contributed by atoms with Crippen molar-refractivity contribution in [2.45, 2.75) is 13.8 Å². The lowest BCUT2D eigenvalue weighted by molar-refractivity contribution is -0.385. The summed E-state index contributed by atoms with van der Waals surface area (Å²) in [4.78, 5) is 19.8. The summed E-state index contributed by atoms with van der Waals surface area (Å²) in [6, 6.07) is 7.41. The van der Waals surface area contributed by atoms with Gasteiger partial charge in [0.1, 0.15) is 11.5 Å². The van der Waals surface area contributed by atoms with Gasteiger partial charge in [-0.15, -0.1) is 0 Å². The second-order valence-electron chi connectivity index (χ2n) is 9.53. The van der Waals surface area contributed by atoms with Gasteiger partial charge in [0.25, 0.3) is 5.69 Å². The van der Waals surface area contributed by atoms with Crippen LogP contribution in [0, 0.1) is 24.0 Å². The number of nitrogens with two attached hydrogens (primary N) is 1. The Balaban J connectivity index is 0.000000252. The fraction of sp³-hybridized carbons (Fsp3) is 0.556. The topological polar surface area (TPSA) is 121 Å². The highest BCUT2D eigenvalue weighted by molar-refractivity contribution is 5.67. The van der Waals surface area contributed by atoms with Crippen molar-refractivity contribution in [1.82, 2.24) is 9.80 Å². The van der Waals surface area contributed by atoms with Crippen LogP contribution in [0.5, 0.6) is 11.5 Å². The number of aryl methyl sites for hydroxylation is 2. The number of nitrogens with zero attached hydrogens (tertiary/aromatic N) is 5. The summed E-state index contributed by atoms with van der Waals surface area (Å²) in [7, 11) is 8.50. The Morgan fingerprint density at radius 2 is 1.16 bits per heavy atom. The van der Waals surface area contributed by atoms with E-state index in [9.17, 15) is 10.1 Å². The zero-order valence-electron chi connectivity index (χ0n) is 23.9. The van der Waals surface area contributed by atoms with Gasteiger partial charge >= 0.3 is 0 Å². The largest absolute Gasteiger partial charge is 0.495 e. The number of aliphatic hydroxyl groups excluding tert-OH is 1. The number of rotatable bonds is 5. The SMILES string of the molecule is CO.COc1cc(N)c(C)cc1N1CCN(C)CC1.COc1cc([N+](=O)[O-])c(C)cc1N1CCN(C)CC1. The molecule has 0 amide bonds. The van der Waals surface area contributed by atoms with Crippen LogP contribution in [0.4, 0.5) is 22.7 Å². The number of methoxy groups -OCH3 is 2. The molecular weight excluding hydrogens is 488 g/mol. The quantitative estimate of drug-likeness (QED) is 0.338. The number of benzene rings is 2. The maximum atomic E-state index is 11.0.